The van der Waals surface area contributed by atoms with E-state index < -0.39 is 0 Å². The summed E-state index contributed by atoms with van der Waals surface area (Å²) in [5.74, 6) is -0.145. The molecule has 1 fully saturated rings. The van der Waals surface area contributed by atoms with Gasteiger partial charge in [-0.3, -0.25) is 9.59 Å². The minimum atomic E-state index is -0.116. The number of rotatable bonds is 1. The third kappa shape index (κ3) is 2.87. The molecule has 2 amide bonds. The van der Waals surface area contributed by atoms with Crippen LogP contribution in [0.1, 0.15) is 26.2 Å². The van der Waals surface area contributed by atoms with Gasteiger partial charge >= 0.3 is 0 Å². The Hall–Kier alpha value is -1.43. The molecule has 1 unspecified atom stereocenters. The van der Waals surface area contributed by atoms with Crippen molar-refractivity contribution in [2.24, 2.45) is 5.10 Å². The molecule has 1 saturated heterocycles. The van der Waals surface area contributed by atoms with Crippen LogP contribution < -0.4 is 5.43 Å². The zero-order valence-corrected chi connectivity index (χ0v) is 11.0. The normalized spacial score (nSPS) is 26.3. The van der Waals surface area contributed by atoms with Crippen LogP contribution in [0, 0.1) is 0 Å². The lowest BCUT2D eigenvalue weighted by Crippen LogP contribution is -2.46. The van der Waals surface area contributed by atoms with Gasteiger partial charge in [0.15, 0.2) is 0 Å². The van der Waals surface area contributed by atoms with Crippen molar-refractivity contribution in [3.8, 4) is 0 Å². The topological polar surface area (TPSA) is 65.0 Å². The summed E-state index contributed by atoms with van der Waals surface area (Å²) < 4.78 is 0. The molecular weight excluding hydrogens is 232 g/mol. The van der Waals surface area contributed by atoms with E-state index in [1.54, 1.807) is 0 Å². The summed E-state index contributed by atoms with van der Waals surface area (Å²) in [6.07, 6.45) is 1.78. The van der Waals surface area contributed by atoms with Crippen molar-refractivity contribution in [3.63, 3.8) is 0 Å². The van der Waals surface area contributed by atoms with E-state index >= 15 is 0 Å². The highest BCUT2D eigenvalue weighted by Gasteiger charge is 2.28. The van der Waals surface area contributed by atoms with Gasteiger partial charge in [0.1, 0.15) is 5.71 Å². The second kappa shape index (κ2) is 5.48. The third-order valence-electron chi connectivity index (χ3n) is 3.46. The fourth-order valence-electron chi connectivity index (χ4n) is 2.47. The lowest BCUT2D eigenvalue weighted by atomic mass is 10.1. The van der Waals surface area contributed by atoms with Crippen LogP contribution in [-0.2, 0) is 9.59 Å². The number of nitrogens with zero attached hydrogens (tertiary/aromatic N) is 3. The maximum Gasteiger partial charge on any atom is 0.270 e. The van der Waals surface area contributed by atoms with Crippen LogP contribution >= 0.6 is 0 Å². The Morgan fingerprint density at radius 3 is 2.83 bits per heavy atom. The Morgan fingerprint density at radius 1 is 1.39 bits per heavy atom. The minimum absolute atomic E-state index is 0.0298. The summed E-state index contributed by atoms with van der Waals surface area (Å²) >= 11 is 0. The van der Waals surface area contributed by atoms with Gasteiger partial charge in [0.2, 0.25) is 5.91 Å². The maximum absolute atomic E-state index is 12.4. The molecule has 6 heteroatoms. The number of carbonyl (C=O) groups is 2. The quantitative estimate of drug-likeness (QED) is 0.703. The van der Waals surface area contributed by atoms with E-state index in [1.807, 2.05) is 4.90 Å². The molecule has 0 bridgehead atoms. The molecule has 0 spiro atoms. The van der Waals surface area contributed by atoms with Crippen LogP contribution in [0.2, 0.25) is 0 Å². The second-order valence-electron chi connectivity index (χ2n) is 5.06. The molecule has 2 heterocycles. The summed E-state index contributed by atoms with van der Waals surface area (Å²) in [6, 6.07) is 0.185. The predicted molar refractivity (Wildman–Crippen MR) is 68.1 cm³/mol. The number of hydrogen-bond donors (Lipinski definition) is 1. The average molecular weight is 252 g/mol. The molecule has 0 saturated carbocycles. The molecule has 100 valence electrons. The standard InChI is InChI=1S/C12H20N4O2/c1-9-8-15(2)6-3-7-16(9)12(18)10-4-5-11(17)14-13-10/h9H,3-8H2,1-2H3,(H,14,17). The largest absolute Gasteiger partial charge is 0.334 e. The van der Waals surface area contributed by atoms with Gasteiger partial charge in [-0.15, -0.1) is 0 Å². The highest BCUT2D eigenvalue weighted by atomic mass is 16.2. The van der Waals surface area contributed by atoms with Crippen LogP contribution in [0.4, 0.5) is 0 Å². The first kappa shape index (κ1) is 13.0. The van der Waals surface area contributed by atoms with E-state index in [0.717, 1.165) is 26.1 Å². The van der Waals surface area contributed by atoms with Crippen LogP contribution in [0.15, 0.2) is 5.10 Å². The number of likely N-dealkylation sites (N-methyl/N-ethyl adjacent to an activating group) is 1. The van der Waals surface area contributed by atoms with Gasteiger partial charge in [-0.05, 0) is 26.9 Å². The molecule has 2 aliphatic heterocycles. The first-order valence-corrected chi connectivity index (χ1v) is 6.43. The molecule has 0 aromatic rings. The number of carbonyl (C=O) groups excluding carboxylic acids is 2. The van der Waals surface area contributed by atoms with Gasteiger partial charge in [0.05, 0.1) is 0 Å². The van der Waals surface area contributed by atoms with Gasteiger partial charge in [-0.1, -0.05) is 0 Å². The summed E-state index contributed by atoms with van der Waals surface area (Å²) in [5, 5.41) is 3.88. The monoisotopic (exact) mass is 252 g/mol. The smallest absolute Gasteiger partial charge is 0.270 e. The number of hydrazone groups is 1. The lowest BCUT2D eigenvalue weighted by Gasteiger charge is -2.29. The zero-order valence-electron chi connectivity index (χ0n) is 11.0. The first-order valence-electron chi connectivity index (χ1n) is 6.43. The van der Waals surface area contributed by atoms with E-state index in [9.17, 15) is 9.59 Å². The van der Waals surface area contributed by atoms with Crippen molar-refractivity contribution >= 4 is 17.5 Å². The third-order valence-corrected chi connectivity index (χ3v) is 3.46. The first-order chi connectivity index (χ1) is 8.58. The van der Waals surface area contributed by atoms with Gasteiger partial charge in [0.25, 0.3) is 5.91 Å². The van der Waals surface area contributed by atoms with Crippen molar-refractivity contribution in [2.45, 2.75) is 32.2 Å². The van der Waals surface area contributed by atoms with E-state index in [1.165, 1.54) is 0 Å². The van der Waals surface area contributed by atoms with Crippen LogP contribution in [0.25, 0.3) is 0 Å². The van der Waals surface area contributed by atoms with Crippen LogP contribution in [-0.4, -0.2) is 60.0 Å². The van der Waals surface area contributed by atoms with E-state index in [0.29, 0.717) is 18.6 Å². The number of amides is 2. The summed E-state index contributed by atoms with van der Waals surface area (Å²) in [4.78, 5) is 27.5. The molecule has 0 aliphatic carbocycles. The summed E-state index contributed by atoms with van der Waals surface area (Å²) in [7, 11) is 2.07. The molecule has 6 nitrogen and oxygen atoms in total. The van der Waals surface area contributed by atoms with Crippen molar-refractivity contribution in [2.75, 3.05) is 26.7 Å². The second-order valence-corrected chi connectivity index (χ2v) is 5.06. The van der Waals surface area contributed by atoms with Gasteiger partial charge in [0, 0.05) is 32.0 Å². The summed E-state index contributed by atoms with van der Waals surface area (Å²) in [6.45, 7) is 4.71. The fraction of sp³-hybridized carbons (Fsp3) is 0.750. The Balaban J connectivity index is 2.05. The van der Waals surface area contributed by atoms with Gasteiger partial charge < -0.3 is 9.80 Å². The fourth-order valence-corrected chi connectivity index (χ4v) is 2.47. The molecule has 18 heavy (non-hydrogen) atoms. The van der Waals surface area contributed by atoms with E-state index in [4.69, 9.17) is 0 Å². The number of nitrogens with one attached hydrogen (secondary N) is 1. The highest BCUT2D eigenvalue weighted by Crippen LogP contribution is 2.12. The Morgan fingerprint density at radius 2 is 2.17 bits per heavy atom. The van der Waals surface area contributed by atoms with Crippen LogP contribution in [0.3, 0.4) is 0 Å². The lowest BCUT2D eigenvalue weighted by molar-refractivity contribution is -0.126. The SMILES string of the molecule is CC1CN(C)CCCN1C(=O)C1=NNC(=O)CC1. The van der Waals surface area contributed by atoms with Gasteiger partial charge in [-0.25, -0.2) is 5.43 Å². The van der Waals surface area contributed by atoms with Crippen molar-refractivity contribution in [1.29, 1.82) is 0 Å². The van der Waals surface area contributed by atoms with E-state index in [-0.39, 0.29) is 17.9 Å². The molecule has 1 atom stereocenters. The molecule has 0 aromatic heterocycles. The Bertz CT molecular complexity index is 380. The molecule has 2 rings (SSSR count). The van der Waals surface area contributed by atoms with Gasteiger partial charge in [-0.2, -0.15) is 5.10 Å². The van der Waals surface area contributed by atoms with E-state index in [2.05, 4.69) is 29.4 Å². The molecular formula is C12H20N4O2. The molecule has 0 aromatic carbocycles. The molecule has 2 aliphatic rings. The van der Waals surface area contributed by atoms with Crippen molar-refractivity contribution in [1.82, 2.24) is 15.2 Å². The minimum Gasteiger partial charge on any atom is -0.334 e. The summed E-state index contributed by atoms with van der Waals surface area (Å²) in [5.41, 5.74) is 2.86. The van der Waals surface area contributed by atoms with Crippen molar-refractivity contribution < 1.29 is 9.59 Å². The zero-order chi connectivity index (χ0) is 13.1. The Kier molecular flexibility index (Phi) is 3.96. The highest BCUT2D eigenvalue weighted by molar-refractivity contribution is 6.39. The predicted octanol–water partition coefficient (Wildman–Crippen LogP) is -0.195. The average Bonchev–Trinajstić information content (AvgIpc) is 2.50. The Labute approximate surface area is 107 Å². The van der Waals surface area contributed by atoms with Crippen molar-refractivity contribution in [3.05, 3.63) is 0 Å². The molecule has 1 N–H and O–H groups in total. The maximum atomic E-state index is 12.4. The van der Waals surface area contributed by atoms with Crippen LogP contribution in [0.5, 0.6) is 0 Å². The molecule has 0 radical (unpaired) electrons. The number of hydrogen-bond acceptors (Lipinski definition) is 4.